The fraction of sp³-hybridized carbons (Fsp3) is 0.263. The number of halogens is 1. The maximum atomic E-state index is 5.97. The first-order valence-electron chi connectivity index (χ1n) is 8.47. The molecule has 0 atom stereocenters. The Morgan fingerprint density at radius 2 is 1.68 bits per heavy atom. The fourth-order valence-corrected chi connectivity index (χ4v) is 3.21. The van der Waals surface area contributed by atoms with E-state index < -0.39 is 0 Å². The highest BCUT2D eigenvalue weighted by Crippen LogP contribution is 2.24. The minimum absolute atomic E-state index is 0.324. The van der Waals surface area contributed by atoms with Gasteiger partial charge in [0.2, 0.25) is 0 Å². The van der Waals surface area contributed by atoms with Crippen LogP contribution in [0.5, 0.6) is 0 Å². The molecule has 3 aromatic rings. The summed E-state index contributed by atoms with van der Waals surface area (Å²) in [4.78, 5) is 14.7. The molecule has 0 spiro atoms. The summed E-state index contributed by atoms with van der Waals surface area (Å²) in [5, 5.41) is 0.724. The van der Waals surface area contributed by atoms with Crippen LogP contribution in [0.15, 0.2) is 48.8 Å². The topological polar surface area (TPSA) is 70.8 Å². The molecule has 3 N–H and O–H groups in total. The molecule has 0 saturated carbocycles. The van der Waals surface area contributed by atoms with Crippen LogP contribution in [-0.4, -0.2) is 34.1 Å². The molecule has 4 rings (SSSR count). The molecule has 0 radical (unpaired) electrons. The molecular formula is C19H20ClN5. The number of hydrogen-bond donors (Lipinski definition) is 2. The number of H-pyrrole nitrogens is 1. The number of rotatable bonds is 3. The van der Waals surface area contributed by atoms with Gasteiger partial charge in [0.25, 0.3) is 0 Å². The first-order valence-corrected chi connectivity index (χ1v) is 8.85. The molecule has 1 aliphatic heterocycles. The van der Waals surface area contributed by atoms with Gasteiger partial charge in [-0.05, 0) is 42.7 Å². The molecule has 0 aliphatic carbocycles. The highest BCUT2D eigenvalue weighted by molar-refractivity contribution is 6.30. The lowest BCUT2D eigenvalue weighted by molar-refractivity contribution is 0.498. The summed E-state index contributed by atoms with van der Waals surface area (Å²) in [5.41, 5.74) is 8.95. The summed E-state index contributed by atoms with van der Waals surface area (Å²) in [6, 6.07) is 12.1. The number of nitrogens with one attached hydrogen (secondary N) is 1. The molecule has 6 heteroatoms. The predicted octanol–water partition coefficient (Wildman–Crippen LogP) is 3.72. The van der Waals surface area contributed by atoms with Gasteiger partial charge in [0.1, 0.15) is 11.6 Å². The molecule has 0 amide bonds. The molecule has 1 saturated heterocycles. The van der Waals surface area contributed by atoms with Crippen molar-refractivity contribution in [2.24, 2.45) is 5.73 Å². The summed E-state index contributed by atoms with van der Waals surface area (Å²) in [6.07, 6.45) is 5.74. The Bertz CT molecular complexity index is 833. The van der Waals surface area contributed by atoms with Gasteiger partial charge in [-0.2, -0.15) is 0 Å². The number of hydrogen-bond acceptors (Lipinski definition) is 4. The van der Waals surface area contributed by atoms with Crippen LogP contribution in [0.2, 0.25) is 5.02 Å². The summed E-state index contributed by atoms with van der Waals surface area (Å²) in [5.74, 6) is 1.81. The smallest absolute Gasteiger partial charge is 0.139 e. The van der Waals surface area contributed by atoms with Crippen molar-refractivity contribution in [3.8, 4) is 22.6 Å². The lowest BCUT2D eigenvalue weighted by atomic mass is 10.1. The number of aromatic amines is 1. The minimum atomic E-state index is 0.324. The Balaban J connectivity index is 1.51. The van der Waals surface area contributed by atoms with E-state index in [4.69, 9.17) is 17.3 Å². The normalized spacial score (nSPS) is 15.5. The van der Waals surface area contributed by atoms with Gasteiger partial charge < -0.3 is 15.6 Å². The molecule has 128 valence electrons. The van der Waals surface area contributed by atoms with Crippen LogP contribution in [0.3, 0.4) is 0 Å². The number of aromatic nitrogens is 3. The molecule has 3 heterocycles. The quantitative estimate of drug-likeness (QED) is 0.752. The van der Waals surface area contributed by atoms with E-state index in [1.165, 1.54) is 0 Å². The van der Waals surface area contributed by atoms with Crippen LogP contribution < -0.4 is 10.6 Å². The van der Waals surface area contributed by atoms with E-state index in [-0.39, 0.29) is 0 Å². The zero-order valence-corrected chi connectivity index (χ0v) is 14.6. The van der Waals surface area contributed by atoms with Crippen LogP contribution in [0.4, 0.5) is 5.82 Å². The van der Waals surface area contributed by atoms with Gasteiger partial charge in [0.05, 0.1) is 11.9 Å². The second kappa shape index (κ2) is 6.86. The molecule has 1 aromatic carbocycles. The molecule has 0 unspecified atom stereocenters. The largest absolute Gasteiger partial charge is 0.357 e. The number of nitrogens with two attached hydrogens (primary N) is 1. The second-order valence-corrected chi connectivity index (χ2v) is 6.82. The van der Waals surface area contributed by atoms with Crippen LogP contribution >= 0.6 is 11.6 Å². The minimum Gasteiger partial charge on any atom is -0.357 e. The monoisotopic (exact) mass is 353 g/mol. The molecule has 25 heavy (non-hydrogen) atoms. The summed E-state index contributed by atoms with van der Waals surface area (Å²) in [7, 11) is 0. The van der Waals surface area contributed by atoms with E-state index in [0.717, 1.165) is 59.4 Å². The molecule has 2 aromatic heterocycles. The number of nitrogens with zero attached hydrogens (tertiary/aromatic N) is 3. The maximum Gasteiger partial charge on any atom is 0.139 e. The lowest BCUT2D eigenvalue weighted by Crippen LogP contribution is -2.40. The van der Waals surface area contributed by atoms with Crippen molar-refractivity contribution in [3.05, 3.63) is 53.8 Å². The fourth-order valence-electron chi connectivity index (χ4n) is 3.09. The van der Waals surface area contributed by atoms with Gasteiger partial charge in [0, 0.05) is 35.9 Å². The van der Waals surface area contributed by atoms with Crippen molar-refractivity contribution in [2.75, 3.05) is 18.0 Å². The Labute approximate surface area is 151 Å². The summed E-state index contributed by atoms with van der Waals surface area (Å²) in [6.45, 7) is 1.93. The number of imidazole rings is 1. The molecule has 0 bridgehead atoms. The highest BCUT2D eigenvalue weighted by Gasteiger charge is 2.17. The number of anilines is 1. The van der Waals surface area contributed by atoms with Crippen LogP contribution in [-0.2, 0) is 0 Å². The van der Waals surface area contributed by atoms with Crippen molar-refractivity contribution < 1.29 is 0 Å². The average Bonchev–Trinajstić information content (AvgIpc) is 3.13. The summed E-state index contributed by atoms with van der Waals surface area (Å²) >= 11 is 5.94. The Hall–Kier alpha value is -2.37. The van der Waals surface area contributed by atoms with E-state index in [2.05, 4.69) is 32.0 Å². The predicted molar refractivity (Wildman–Crippen MR) is 102 cm³/mol. The van der Waals surface area contributed by atoms with E-state index in [1.807, 2.05) is 36.7 Å². The lowest BCUT2D eigenvalue weighted by Gasteiger charge is -2.31. The first kappa shape index (κ1) is 16.1. The van der Waals surface area contributed by atoms with E-state index in [0.29, 0.717) is 6.04 Å². The molecule has 1 fully saturated rings. The second-order valence-electron chi connectivity index (χ2n) is 6.38. The Kier molecular flexibility index (Phi) is 4.42. The molecule has 1 aliphatic rings. The molecular weight excluding hydrogens is 334 g/mol. The average molecular weight is 354 g/mol. The van der Waals surface area contributed by atoms with Gasteiger partial charge in [-0.3, -0.25) is 0 Å². The van der Waals surface area contributed by atoms with Crippen LogP contribution in [0, 0.1) is 0 Å². The zero-order valence-electron chi connectivity index (χ0n) is 13.8. The maximum absolute atomic E-state index is 5.97. The Morgan fingerprint density at radius 1 is 0.960 bits per heavy atom. The van der Waals surface area contributed by atoms with Crippen molar-refractivity contribution in [3.63, 3.8) is 0 Å². The summed E-state index contributed by atoms with van der Waals surface area (Å²) < 4.78 is 0. The first-order chi connectivity index (χ1) is 12.2. The SMILES string of the molecule is NC1CCN(c2ccc(-c3ncc(-c4ccc(Cl)cc4)[nH]3)cn2)CC1. The third-order valence-electron chi connectivity index (χ3n) is 4.62. The zero-order chi connectivity index (χ0) is 17.2. The number of piperidine rings is 1. The Morgan fingerprint density at radius 3 is 2.36 bits per heavy atom. The van der Waals surface area contributed by atoms with E-state index in [1.54, 1.807) is 0 Å². The third kappa shape index (κ3) is 3.52. The van der Waals surface area contributed by atoms with Crippen LogP contribution in [0.25, 0.3) is 22.6 Å². The van der Waals surface area contributed by atoms with E-state index >= 15 is 0 Å². The van der Waals surface area contributed by atoms with Crippen LogP contribution in [0.1, 0.15) is 12.8 Å². The van der Waals surface area contributed by atoms with E-state index in [9.17, 15) is 0 Å². The highest BCUT2D eigenvalue weighted by atomic mass is 35.5. The number of pyridine rings is 1. The standard InChI is InChI=1S/C19H20ClN5/c20-15-4-1-13(2-5-15)17-12-23-19(24-17)14-3-6-18(22-11-14)25-9-7-16(21)8-10-25/h1-6,11-12,16H,7-10,21H2,(H,23,24). The number of benzene rings is 1. The van der Waals surface area contributed by atoms with Gasteiger partial charge in [-0.25, -0.2) is 9.97 Å². The molecule has 5 nitrogen and oxygen atoms in total. The van der Waals surface area contributed by atoms with Gasteiger partial charge in [0.15, 0.2) is 0 Å². The van der Waals surface area contributed by atoms with Gasteiger partial charge >= 0.3 is 0 Å². The van der Waals surface area contributed by atoms with Crippen molar-refractivity contribution >= 4 is 17.4 Å². The van der Waals surface area contributed by atoms with Gasteiger partial charge in [-0.1, -0.05) is 23.7 Å². The van der Waals surface area contributed by atoms with Crippen molar-refractivity contribution in [1.82, 2.24) is 15.0 Å². The van der Waals surface area contributed by atoms with Crippen molar-refractivity contribution in [2.45, 2.75) is 18.9 Å². The van der Waals surface area contributed by atoms with Gasteiger partial charge in [-0.15, -0.1) is 0 Å². The third-order valence-corrected chi connectivity index (χ3v) is 4.87. The van der Waals surface area contributed by atoms with Crippen molar-refractivity contribution in [1.29, 1.82) is 0 Å².